The first-order valence-corrected chi connectivity index (χ1v) is 22.4. The second-order valence-electron chi connectivity index (χ2n) is 14.6. The zero-order chi connectivity index (χ0) is 33.4. The number of rotatable bonds is 29. The predicted octanol–water partition coefficient (Wildman–Crippen LogP) is 16.7. The van der Waals surface area contributed by atoms with Crippen LogP contribution in [0.3, 0.4) is 0 Å². The maximum Gasteiger partial charge on any atom is 0.0317 e. The monoisotopic (exact) mass is 722 g/mol. The van der Waals surface area contributed by atoms with Crippen LogP contribution in [0.5, 0.6) is 0 Å². The number of halogens is 1. The molecule has 264 valence electrons. The van der Waals surface area contributed by atoms with Gasteiger partial charge in [-0.1, -0.05) is 180 Å². The van der Waals surface area contributed by atoms with Crippen LogP contribution in [0.15, 0.2) is 45.8 Å². The summed E-state index contributed by atoms with van der Waals surface area (Å²) in [6.07, 6.45) is 41.7. The fraction of sp³-hybridized carbons (Fsp3) is 0.689. The highest BCUT2D eigenvalue weighted by Crippen LogP contribution is 2.34. The minimum Gasteiger partial charge on any atom is -0.128 e. The van der Waals surface area contributed by atoms with Gasteiger partial charge in [0.25, 0.3) is 0 Å². The lowest BCUT2D eigenvalue weighted by Crippen LogP contribution is -1.97. The second kappa shape index (κ2) is 25.9. The largest absolute Gasteiger partial charge is 0.128 e. The Morgan fingerprint density at radius 2 is 0.681 bits per heavy atom. The Bertz CT molecular complexity index is 1230. The van der Waals surface area contributed by atoms with Crippen LogP contribution >= 0.6 is 27.7 Å². The topological polar surface area (TPSA) is 0 Å². The van der Waals surface area contributed by atoms with Gasteiger partial charge < -0.3 is 0 Å². The molecule has 0 amide bonds. The Labute approximate surface area is 304 Å². The Morgan fingerprint density at radius 3 is 1.02 bits per heavy atom. The number of hydrogen-bond donors (Lipinski definition) is 0. The molecular weight excluding hydrogens is 652 g/mol. The molecule has 0 nitrogen and oxygen atoms in total. The van der Waals surface area contributed by atoms with Gasteiger partial charge in [-0.2, -0.15) is 0 Å². The average Bonchev–Trinajstić information content (AvgIpc) is 3.07. The Hall–Kier alpha value is -0.990. The number of unbranched alkanes of at least 4 members (excludes halogenated alkanes) is 24. The molecule has 3 rings (SSSR count). The summed E-state index contributed by atoms with van der Waals surface area (Å²) in [6, 6.07) is 14.7. The van der Waals surface area contributed by atoms with E-state index < -0.39 is 0 Å². The summed E-state index contributed by atoms with van der Waals surface area (Å²) in [5, 5.41) is 5.55. The minimum absolute atomic E-state index is 1.21. The van der Waals surface area contributed by atoms with Crippen molar-refractivity contribution in [1.29, 1.82) is 0 Å². The van der Waals surface area contributed by atoms with Gasteiger partial charge >= 0.3 is 0 Å². The summed E-state index contributed by atoms with van der Waals surface area (Å²) in [6.45, 7) is 4.62. The summed E-state index contributed by atoms with van der Waals surface area (Å²) in [5.74, 6) is 0. The van der Waals surface area contributed by atoms with E-state index in [0.29, 0.717) is 0 Å². The van der Waals surface area contributed by atoms with Crippen LogP contribution in [0, 0.1) is 0 Å². The first kappa shape index (κ1) is 40.4. The zero-order valence-electron chi connectivity index (χ0n) is 31.0. The fourth-order valence-electron chi connectivity index (χ4n) is 7.44. The lowest BCUT2D eigenvalue weighted by Gasteiger charge is -2.14. The van der Waals surface area contributed by atoms with Crippen molar-refractivity contribution in [1.82, 2.24) is 0 Å². The normalized spacial score (nSPS) is 11.7. The third kappa shape index (κ3) is 16.5. The lowest BCUT2D eigenvalue weighted by atomic mass is 9.92. The van der Waals surface area contributed by atoms with Crippen molar-refractivity contribution >= 4 is 49.2 Å². The van der Waals surface area contributed by atoms with Crippen molar-refractivity contribution in [3.63, 3.8) is 0 Å². The minimum atomic E-state index is 1.21. The summed E-state index contributed by atoms with van der Waals surface area (Å²) >= 11 is 5.63. The van der Waals surface area contributed by atoms with Gasteiger partial charge in [-0.15, -0.1) is 11.8 Å². The van der Waals surface area contributed by atoms with E-state index in [1.165, 1.54) is 211 Å². The number of hydrogen-bond acceptors (Lipinski definition) is 1. The van der Waals surface area contributed by atoms with Gasteiger partial charge in [0, 0.05) is 9.37 Å². The molecule has 0 saturated heterocycles. The molecule has 0 aliphatic heterocycles. The molecule has 0 aromatic heterocycles. The number of aryl methyl sites for hydroxylation is 2. The molecule has 3 aromatic rings. The van der Waals surface area contributed by atoms with Crippen molar-refractivity contribution < 1.29 is 0 Å². The van der Waals surface area contributed by atoms with Crippen LogP contribution in [0.1, 0.15) is 192 Å². The van der Waals surface area contributed by atoms with E-state index >= 15 is 0 Å². The predicted molar refractivity (Wildman–Crippen MR) is 220 cm³/mol. The zero-order valence-corrected chi connectivity index (χ0v) is 33.5. The van der Waals surface area contributed by atoms with Crippen LogP contribution in [-0.4, -0.2) is 6.26 Å². The molecule has 0 heterocycles. The molecule has 0 saturated carbocycles. The molecule has 0 aliphatic carbocycles. The molecule has 47 heavy (non-hydrogen) atoms. The third-order valence-electron chi connectivity index (χ3n) is 10.5. The van der Waals surface area contributed by atoms with Gasteiger partial charge in [0.15, 0.2) is 0 Å². The SMILES string of the molecule is CCCCCCCCCCCCCCCc1cc2cc3cc(Br)c(SC)cc3cc2cc1CCCCCCCCCCCCCCC. The molecular formula is C45H71BrS. The molecule has 0 N–H and O–H groups in total. The van der Waals surface area contributed by atoms with Crippen LogP contribution in [-0.2, 0) is 12.8 Å². The average molecular weight is 724 g/mol. The molecule has 0 aliphatic rings. The van der Waals surface area contributed by atoms with E-state index in [1.54, 1.807) is 11.1 Å². The smallest absolute Gasteiger partial charge is 0.0317 e. The summed E-state index contributed by atoms with van der Waals surface area (Å²) in [7, 11) is 0. The molecule has 0 unspecified atom stereocenters. The number of benzene rings is 3. The van der Waals surface area contributed by atoms with Crippen molar-refractivity contribution in [3.05, 3.63) is 52.0 Å². The molecule has 0 bridgehead atoms. The van der Waals surface area contributed by atoms with Crippen molar-refractivity contribution in [2.45, 2.75) is 199 Å². The van der Waals surface area contributed by atoms with Crippen LogP contribution in [0.4, 0.5) is 0 Å². The molecule has 0 radical (unpaired) electrons. The highest BCUT2D eigenvalue weighted by atomic mass is 79.9. The molecule has 0 atom stereocenters. The second-order valence-corrected chi connectivity index (χ2v) is 16.3. The Balaban J connectivity index is 1.45. The van der Waals surface area contributed by atoms with Gasteiger partial charge in [-0.25, -0.2) is 0 Å². The lowest BCUT2D eigenvalue weighted by molar-refractivity contribution is 0.537. The first-order chi connectivity index (χ1) is 23.2. The highest BCUT2D eigenvalue weighted by Gasteiger charge is 2.09. The molecule has 0 fully saturated rings. The van der Waals surface area contributed by atoms with Crippen LogP contribution in [0.25, 0.3) is 21.5 Å². The first-order valence-electron chi connectivity index (χ1n) is 20.4. The van der Waals surface area contributed by atoms with Gasteiger partial charge in [-0.05, 0) is 105 Å². The van der Waals surface area contributed by atoms with Crippen LogP contribution < -0.4 is 0 Å². The number of fused-ring (bicyclic) bond motifs is 2. The van der Waals surface area contributed by atoms with Crippen molar-refractivity contribution in [2.24, 2.45) is 0 Å². The summed E-state index contributed by atoms with van der Waals surface area (Å²) in [4.78, 5) is 1.32. The van der Waals surface area contributed by atoms with Gasteiger partial charge in [0.05, 0.1) is 0 Å². The van der Waals surface area contributed by atoms with Gasteiger partial charge in [0.2, 0.25) is 0 Å². The van der Waals surface area contributed by atoms with E-state index in [-0.39, 0.29) is 0 Å². The summed E-state index contributed by atoms with van der Waals surface area (Å²) in [5.41, 5.74) is 3.25. The van der Waals surface area contributed by atoms with Gasteiger partial charge in [-0.3, -0.25) is 0 Å². The third-order valence-corrected chi connectivity index (χ3v) is 12.2. The quantitative estimate of drug-likeness (QED) is 0.0390. The number of thioether (sulfide) groups is 1. The van der Waals surface area contributed by atoms with E-state index in [9.17, 15) is 0 Å². The Kier molecular flexibility index (Phi) is 22.3. The maximum absolute atomic E-state index is 3.80. The highest BCUT2D eigenvalue weighted by molar-refractivity contribution is 9.10. The van der Waals surface area contributed by atoms with Gasteiger partial charge in [0.1, 0.15) is 0 Å². The van der Waals surface area contributed by atoms with E-state index in [4.69, 9.17) is 0 Å². The van der Waals surface area contributed by atoms with E-state index in [1.807, 2.05) is 11.8 Å². The van der Waals surface area contributed by atoms with Crippen LogP contribution in [0.2, 0.25) is 0 Å². The molecule has 2 heteroatoms. The fourth-order valence-corrected chi connectivity index (χ4v) is 8.78. The Morgan fingerprint density at radius 1 is 0.383 bits per heavy atom. The van der Waals surface area contributed by atoms with E-state index in [2.05, 4.69) is 72.4 Å². The summed E-state index contributed by atoms with van der Waals surface area (Å²) < 4.78 is 1.21. The standard InChI is InChI=1S/C45H71BrS/c1-4-6-8-10-12-14-16-18-20-22-24-26-28-30-38-32-40-34-42-36-44(46)45(47-3)37-43(42)35-41(40)33-39(38)31-29-27-25-23-21-19-17-15-13-11-9-7-5-2/h32-37H,4-31H2,1-3H3. The maximum atomic E-state index is 3.80. The van der Waals surface area contributed by atoms with Crippen molar-refractivity contribution in [2.75, 3.05) is 6.26 Å². The van der Waals surface area contributed by atoms with Crippen molar-refractivity contribution in [3.8, 4) is 0 Å². The molecule has 0 spiro atoms. The van der Waals surface area contributed by atoms with E-state index in [0.717, 1.165) is 0 Å². The molecule has 3 aromatic carbocycles.